The van der Waals surface area contributed by atoms with Crippen molar-refractivity contribution in [3.8, 4) is 0 Å². The molecule has 0 unspecified atom stereocenters. The number of nitrogens with zero attached hydrogens (tertiary/aromatic N) is 2. The molecule has 30 heavy (non-hydrogen) atoms. The molecule has 6 heteroatoms. The maximum atomic E-state index is 13.4. The van der Waals surface area contributed by atoms with Gasteiger partial charge in [0.1, 0.15) is 0 Å². The van der Waals surface area contributed by atoms with E-state index in [4.69, 9.17) is 0 Å². The van der Waals surface area contributed by atoms with E-state index in [1.165, 1.54) is 6.20 Å². The van der Waals surface area contributed by atoms with Crippen molar-refractivity contribution >= 4 is 27.1 Å². The SMILES string of the molecule is CC1CCN(C(=O)C2=CN(c3cccc(C(C)C)c3)c3ccccc3S2(=O)=O)CC1. The van der Waals surface area contributed by atoms with Crippen molar-refractivity contribution in [1.29, 1.82) is 0 Å². The monoisotopic (exact) mass is 424 g/mol. The molecule has 2 aromatic carbocycles. The van der Waals surface area contributed by atoms with E-state index < -0.39 is 15.7 Å². The van der Waals surface area contributed by atoms with E-state index in [0.29, 0.717) is 30.6 Å². The molecule has 0 radical (unpaired) electrons. The van der Waals surface area contributed by atoms with Gasteiger partial charge in [-0.25, -0.2) is 8.42 Å². The molecule has 5 nitrogen and oxygen atoms in total. The van der Waals surface area contributed by atoms with Crippen molar-refractivity contribution < 1.29 is 13.2 Å². The van der Waals surface area contributed by atoms with E-state index >= 15 is 0 Å². The van der Waals surface area contributed by atoms with Gasteiger partial charge in [-0.1, -0.05) is 45.0 Å². The number of sulfone groups is 1. The predicted octanol–water partition coefficient (Wildman–Crippen LogP) is 4.84. The first-order valence-electron chi connectivity index (χ1n) is 10.5. The fourth-order valence-electron chi connectivity index (χ4n) is 4.04. The molecule has 0 bridgehead atoms. The number of para-hydroxylation sites is 1. The number of carbonyl (C=O) groups is 1. The van der Waals surface area contributed by atoms with Crippen molar-refractivity contribution in [2.45, 2.75) is 44.4 Å². The van der Waals surface area contributed by atoms with Crippen molar-refractivity contribution in [2.75, 3.05) is 18.0 Å². The summed E-state index contributed by atoms with van der Waals surface area (Å²) in [6.45, 7) is 7.60. The fraction of sp³-hybridized carbons (Fsp3) is 0.375. The maximum Gasteiger partial charge on any atom is 0.267 e. The summed E-state index contributed by atoms with van der Waals surface area (Å²) < 4.78 is 26.7. The van der Waals surface area contributed by atoms with Crippen molar-refractivity contribution in [3.05, 3.63) is 65.2 Å². The third-order valence-corrected chi connectivity index (χ3v) is 7.83. The van der Waals surface area contributed by atoms with Gasteiger partial charge in [0, 0.05) is 25.0 Å². The molecular formula is C24H28N2O3S. The van der Waals surface area contributed by atoms with Gasteiger partial charge in [0.2, 0.25) is 9.84 Å². The predicted molar refractivity (Wildman–Crippen MR) is 119 cm³/mol. The minimum atomic E-state index is -3.88. The summed E-state index contributed by atoms with van der Waals surface area (Å²) in [6.07, 6.45) is 3.31. The van der Waals surface area contributed by atoms with Crippen LogP contribution in [0.4, 0.5) is 11.4 Å². The second-order valence-corrected chi connectivity index (χ2v) is 10.4. The Morgan fingerprint density at radius 1 is 1.03 bits per heavy atom. The van der Waals surface area contributed by atoms with Gasteiger partial charge < -0.3 is 9.80 Å². The minimum absolute atomic E-state index is 0.147. The lowest BCUT2D eigenvalue weighted by Gasteiger charge is -2.34. The molecule has 4 rings (SSSR count). The number of amides is 1. The minimum Gasteiger partial charge on any atom is -0.338 e. The average molecular weight is 425 g/mol. The Bertz CT molecular complexity index is 1100. The topological polar surface area (TPSA) is 57.7 Å². The number of hydrogen-bond acceptors (Lipinski definition) is 4. The Balaban J connectivity index is 1.82. The maximum absolute atomic E-state index is 13.4. The first-order valence-corrected chi connectivity index (χ1v) is 12.0. The number of benzene rings is 2. The molecule has 0 aromatic heterocycles. The lowest BCUT2D eigenvalue weighted by Crippen LogP contribution is -2.41. The number of carbonyl (C=O) groups excluding carboxylic acids is 1. The van der Waals surface area contributed by atoms with Crippen LogP contribution >= 0.6 is 0 Å². The first-order chi connectivity index (χ1) is 14.3. The van der Waals surface area contributed by atoms with Gasteiger partial charge in [0.05, 0.1) is 10.6 Å². The highest BCUT2D eigenvalue weighted by atomic mass is 32.2. The van der Waals surface area contributed by atoms with Crippen LogP contribution in [0.25, 0.3) is 0 Å². The van der Waals surface area contributed by atoms with Gasteiger partial charge in [-0.3, -0.25) is 4.79 Å². The summed E-state index contributed by atoms with van der Waals surface area (Å²) in [5, 5.41) is 0. The Morgan fingerprint density at radius 2 is 1.73 bits per heavy atom. The second kappa shape index (κ2) is 7.91. The molecule has 0 N–H and O–H groups in total. The smallest absolute Gasteiger partial charge is 0.267 e. The highest BCUT2D eigenvalue weighted by Crippen LogP contribution is 2.40. The molecular weight excluding hydrogens is 396 g/mol. The lowest BCUT2D eigenvalue weighted by atomic mass is 9.99. The summed E-state index contributed by atoms with van der Waals surface area (Å²) in [4.78, 5) is 16.8. The van der Waals surface area contributed by atoms with Gasteiger partial charge >= 0.3 is 0 Å². The van der Waals surface area contributed by atoms with Crippen LogP contribution in [0.3, 0.4) is 0 Å². The van der Waals surface area contributed by atoms with Crippen molar-refractivity contribution in [1.82, 2.24) is 4.90 Å². The Hall–Kier alpha value is -2.60. The number of anilines is 2. The van der Waals surface area contributed by atoms with Gasteiger partial charge in [0.15, 0.2) is 4.91 Å². The number of fused-ring (bicyclic) bond motifs is 1. The van der Waals surface area contributed by atoms with E-state index in [1.807, 2.05) is 23.1 Å². The average Bonchev–Trinajstić information content (AvgIpc) is 2.74. The fourth-order valence-corrected chi connectivity index (χ4v) is 5.58. The van der Waals surface area contributed by atoms with E-state index in [2.05, 4.69) is 32.9 Å². The molecule has 1 fully saturated rings. The van der Waals surface area contributed by atoms with Crippen LogP contribution in [0, 0.1) is 5.92 Å². The standard InChI is InChI=1S/C24H28N2O3S/c1-17(2)19-7-6-8-20(15-19)26-16-23(24(27)25-13-11-18(3)12-14-25)30(28,29)22-10-5-4-9-21(22)26/h4-10,15-18H,11-14H2,1-3H3. The molecule has 0 atom stereocenters. The van der Waals surface area contributed by atoms with Crippen LogP contribution in [0.5, 0.6) is 0 Å². The highest BCUT2D eigenvalue weighted by Gasteiger charge is 2.38. The Kier molecular flexibility index (Phi) is 5.45. The van der Waals surface area contributed by atoms with E-state index in [1.54, 1.807) is 23.1 Å². The van der Waals surface area contributed by atoms with Crippen LogP contribution in [-0.4, -0.2) is 32.3 Å². The van der Waals surface area contributed by atoms with Crippen LogP contribution in [-0.2, 0) is 14.6 Å². The molecule has 1 saturated heterocycles. The van der Waals surface area contributed by atoms with Crippen LogP contribution in [0.1, 0.15) is 45.1 Å². The van der Waals surface area contributed by atoms with E-state index in [-0.39, 0.29) is 9.80 Å². The third kappa shape index (κ3) is 3.65. The van der Waals surface area contributed by atoms with E-state index in [9.17, 15) is 13.2 Å². The van der Waals surface area contributed by atoms with Gasteiger partial charge in [-0.2, -0.15) is 0 Å². The second-order valence-electron chi connectivity index (χ2n) is 8.56. The molecule has 0 spiro atoms. The van der Waals surface area contributed by atoms with Crippen LogP contribution in [0.15, 0.2) is 64.5 Å². The molecule has 2 aromatic rings. The zero-order valence-corrected chi connectivity index (χ0v) is 18.5. The van der Waals surface area contributed by atoms with E-state index in [0.717, 1.165) is 24.1 Å². The third-order valence-electron chi connectivity index (χ3n) is 6.05. The molecule has 2 heterocycles. The zero-order valence-electron chi connectivity index (χ0n) is 17.7. The summed E-state index contributed by atoms with van der Waals surface area (Å²) in [7, 11) is -3.88. The Labute approximate surface area is 178 Å². The Morgan fingerprint density at radius 3 is 2.43 bits per heavy atom. The quantitative estimate of drug-likeness (QED) is 0.708. The summed E-state index contributed by atoms with van der Waals surface area (Å²) in [5.41, 5.74) is 2.58. The summed E-state index contributed by atoms with van der Waals surface area (Å²) in [6, 6.07) is 14.9. The first kappa shape index (κ1) is 20.7. The van der Waals surface area contributed by atoms with Gasteiger partial charge in [0.25, 0.3) is 5.91 Å². The zero-order chi connectivity index (χ0) is 21.5. The summed E-state index contributed by atoms with van der Waals surface area (Å²) in [5.74, 6) is 0.498. The molecule has 158 valence electrons. The highest BCUT2D eigenvalue weighted by molar-refractivity contribution is 7.96. The molecule has 2 aliphatic rings. The largest absolute Gasteiger partial charge is 0.338 e. The number of hydrogen-bond donors (Lipinski definition) is 0. The molecule has 0 aliphatic carbocycles. The number of likely N-dealkylation sites (tertiary alicyclic amines) is 1. The summed E-state index contributed by atoms with van der Waals surface area (Å²) >= 11 is 0. The lowest BCUT2D eigenvalue weighted by molar-refractivity contribution is -0.127. The van der Waals surface area contributed by atoms with Crippen molar-refractivity contribution in [3.63, 3.8) is 0 Å². The normalized spacial score (nSPS) is 18.9. The molecule has 0 saturated carbocycles. The number of rotatable bonds is 3. The molecule has 2 aliphatic heterocycles. The van der Waals surface area contributed by atoms with Gasteiger partial charge in [-0.15, -0.1) is 0 Å². The van der Waals surface area contributed by atoms with Crippen LogP contribution in [0.2, 0.25) is 0 Å². The molecule has 1 amide bonds. The van der Waals surface area contributed by atoms with Crippen LogP contribution < -0.4 is 4.90 Å². The number of piperidine rings is 1. The van der Waals surface area contributed by atoms with Crippen molar-refractivity contribution in [2.24, 2.45) is 5.92 Å². The van der Waals surface area contributed by atoms with Gasteiger partial charge in [-0.05, 0) is 54.5 Å².